The van der Waals surface area contributed by atoms with Gasteiger partial charge in [0, 0.05) is 28.8 Å². The van der Waals surface area contributed by atoms with Crippen LogP contribution >= 0.6 is 0 Å². The van der Waals surface area contributed by atoms with Gasteiger partial charge in [0.05, 0.1) is 0 Å². The molecule has 3 N–H and O–H groups in total. The molecular weight excluding hydrogens is 310 g/mol. The first-order chi connectivity index (χ1) is 12.2. The average Bonchev–Trinajstić information content (AvgIpc) is 2.95. The fraction of sp³-hybridized carbons (Fsp3) is 0.190. The Hall–Kier alpha value is -2.85. The lowest BCUT2D eigenvalue weighted by molar-refractivity contribution is -0.111. The highest BCUT2D eigenvalue weighted by molar-refractivity contribution is 5.98. The first-order valence-corrected chi connectivity index (χ1v) is 8.46. The fourth-order valence-electron chi connectivity index (χ4n) is 3.00. The van der Waals surface area contributed by atoms with Gasteiger partial charge in [-0.2, -0.15) is 0 Å². The summed E-state index contributed by atoms with van der Waals surface area (Å²) < 4.78 is 0. The zero-order chi connectivity index (χ0) is 17.6. The summed E-state index contributed by atoms with van der Waals surface area (Å²) >= 11 is 0. The molecule has 25 heavy (non-hydrogen) atoms. The third kappa shape index (κ3) is 4.17. The Morgan fingerprint density at radius 3 is 2.68 bits per heavy atom. The van der Waals surface area contributed by atoms with Gasteiger partial charge >= 0.3 is 0 Å². The minimum Gasteiger partial charge on any atom is -0.358 e. The normalized spacial score (nSPS) is 10.8. The van der Waals surface area contributed by atoms with Gasteiger partial charge in [-0.1, -0.05) is 36.9 Å². The van der Waals surface area contributed by atoms with Crippen LogP contribution in [0, 0.1) is 6.92 Å². The van der Waals surface area contributed by atoms with Crippen LogP contribution in [-0.4, -0.2) is 17.4 Å². The molecule has 0 unspecified atom stereocenters. The van der Waals surface area contributed by atoms with Crippen LogP contribution in [0.15, 0.2) is 61.2 Å². The van der Waals surface area contributed by atoms with E-state index in [-0.39, 0.29) is 5.91 Å². The van der Waals surface area contributed by atoms with Gasteiger partial charge in [0.2, 0.25) is 5.91 Å². The minimum absolute atomic E-state index is 0.194. The number of H-pyrrole nitrogens is 1. The van der Waals surface area contributed by atoms with Gasteiger partial charge in [-0.25, -0.2) is 0 Å². The van der Waals surface area contributed by atoms with Crippen molar-refractivity contribution in [1.82, 2.24) is 10.3 Å². The number of para-hydroxylation sites is 1. The Balaban J connectivity index is 1.52. The monoisotopic (exact) mass is 333 g/mol. The predicted molar refractivity (Wildman–Crippen MR) is 104 cm³/mol. The molecule has 0 spiro atoms. The van der Waals surface area contributed by atoms with Gasteiger partial charge < -0.3 is 15.6 Å². The molecule has 128 valence electrons. The maximum atomic E-state index is 11.3. The molecule has 3 rings (SSSR count). The summed E-state index contributed by atoms with van der Waals surface area (Å²) in [6, 6.07) is 16.3. The van der Waals surface area contributed by atoms with Crippen LogP contribution in [0.2, 0.25) is 0 Å². The molecule has 0 saturated carbocycles. The van der Waals surface area contributed by atoms with Crippen molar-refractivity contribution < 1.29 is 4.79 Å². The van der Waals surface area contributed by atoms with E-state index in [0.29, 0.717) is 0 Å². The van der Waals surface area contributed by atoms with Gasteiger partial charge in [0.1, 0.15) is 0 Å². The number of hydrogen-bond donors (Lipinski definition) is 3. The number of carbonyl (C=O) groups excluding carboxylic acids is 1. The van der Waals surface area contributed by atoms with Gasteiger partial charge in [-0.3, -0.25) is 4.79 Å². The van der Waals surface area contributed by atoms with Crippen molar-refractivity contribution in [3.63, 3.8) is 0 Å². The number of fused-ring (bicyclic) bond motifs is 1. The highest BCUT2D eigenvalue weighted by Gasteiger charge is 2.07. The summed E-state index contributed by atoms with van der Waals surface area (Å²) in [5, 5.41) is 7.54. The number of carbonyl (C=O) groups is 1. The number of benzene rings is 2. The van der Waals surface area contributed by atoms with Gasteiger partial charge in [-0.15, -0.1) is 0 Å². The quantitative estimate of drug-likeness (QED) is 0.453. The number of anilines is 1. The van der Waals surface area contributed by atoms with E-state index in [1.54, 1.807) is 0 Å². The number of aromatic amines is 1. The molecule has 4 nitrogen and oxygen atoms in total. The van der Waals surface area contributed by atoms with Crippen LogP contribution in [0.4, 0.5) is 5.69 Å². The van der Waals surface area contributed by atoms with E-state index in [2.05, 4.69) is 53.4 Å². The summed E-state index contributed by atoms with van der Waals surface area (Å²) in [5.41, 5.74) is 5.79. The zero-order valence-corrected chi connectivity index (χ0v) is 14.4. The second-order valence-corrected chi connectivity index (χ2v) is 6.09. The number of hydrogen-bond acceptors (Lipinski definition) is 2. The minimum atomic E-state index is -0.194. The van der Waals surface area contributed by atoms with Gasteiger partial charge in [0.15, 0.2) is 0 Å². The largest absolute Gasteiger partial charge is 0.358 e. The van der Waals surface area contributed by atoms with E-state index in [0.717, 1.165) is 25.2 Å². The van der Waals surface area contributed by atoms with Crippen molar-refractivity contribution in [2.75, 3.05) is 11.9 Å². The number of amides is 1. The third-order valence-corrected chi connectivity index (χ3v) is 4.31. The lowest BCUT2D eigenvalue weighted by atomic mass is 10.1. The second kappa shape index (κ2) is 7.81. The topological polar surface area (TPSA) is 56.9 Å². The molecule has 0 saturated heterocycles. The Kier molecular flexibility index (Phi) is 5.31. The predicted octanol–water partition coefficient (Wildman–Crippen LogP) is 3.93. The number of nitrogens with one attached hydrogen (secondary N) is 3. The highest BCUT2D eigenvalue weighted by Crippen LogP contribution is 2.21. The summed E-state index contributed by atoms with van der Waals surface area (Å²) in [7, 11) is 0. The molecule has 0 aliphatic rings. The molecule has 0 aliphatic heterocycles. The molecule has 0 bridgehead atoms. The van der Waals surface area contributed by atoms with Gasteiger partial charge in [-0.05, 0) is 55.3 Å². The molecule has 1 amide bonds. The van der Waals surface area contributed by atoms with Crippen LogP contribution in [0.3, 0.4) is 0 Å². The first kappa shape index (κ1) is 17.0. The van der Waals surface area contributed by atoms with E-state index < -0.39 is 0 Å². The maximum Gasteiger partial charge on any atom is 0.247 e. The summed E-state index contributed by atoms with van der Waals surface area (Å²) in [4.78, 5) is 14.7. The molecule has 3 aromatic rings. The van der Waals surface area contributed by atoms with Crippen molar-refractivity contribution in [3.8, 4) is 0 Å². The molecule has 2 aromatic carbocycles. The molecule has 0 aliphatic carbocycles. The lowest BCUT2D eigenvalue weighted by Crippen LogP contribution is -2.17. The van der Waals surface area contributed by atoms with E-state index in [4.69, 9.17) is 0 Å². The summed E-state index contributed by atoms with van der Waals surface area (Å²) in [6.07, 6.45) is 2.26. The molecule has 0 radical (unpaired) electrons. The van der Waals surface area contributed by atoms with E-state index in [1.807, 2.05) is 24.3 Å². The lowest BCUT2D eigenvalue weighted by Gasteiger charge is -2.07. The maximum absolute atomic E-state index is 11.3. The number of rotatable bonds is 7. The van der Waals surface area contributed by atoms with Crippen molar-refractivity contribution in [1.29, 1.82) is 0 Å². The Morgan fingerprint density at radius 2 is 1.92 bits per heavy atom. The second-order valence-electron chi connectivity index (χ2n) is 6.09. The molecule has 0 fully saturated rings. The first-order valence-electron chi connectivity index (χ1n) is 8.46. The highest BCUT2D eigenvalue weighted by atomic mass is 16.1. The van der Waals surface area contributed by atoms with Crippen LogP contribution in [0.25, 0.3) is 10.9 Å². The van der Waals surface area contributed by atoms with E-state index in [9.17, 15) is 4.79 Å². The zero-order valence-electron chi connectivity index (χ0n) is 14.4. The molecular formula is C21H23N3O. The van der Waals surface area contributed by atoms with Crippen molar-refractivity contribution in [2.45, 2.75) is 19.9 Å². The SMILES string of the molecule is C=CC(=O)Nc1ccc(CNCCc2c(C)[nH]c3ccccc23)cc1. The molecule has 0 atom stereocenters. The van der Waals surface area contributed by atoms with Crippen molar-refractivity contribution >= 4 is 22.5 Å². The fourth-order valence-corrected chi connectivity index (χ4v) is 3.00. The standard InChI is InChI=1S/C21H23N3O/c1-3-21(25)24-17-10-8-16(9-11-17)14-22-13-12-18-15(2)23-20-7-5-4-6-19(18)20/h3-11,22-23H,1,12-14H2,2H3,(H,24,25). The Bertz CT molecular complexity index is 878. The van der Waals surface area contributed by atoms with Crippen LogP contribution < -0.4 is 10.6 Å². The van der Waals surface area contributed by atoms with Crippen LogP contribution in [0.5, 0.6) is 0 Å². The third-order valence-electron chi connectivity index (χ3n) is 4.31. The summed E-state index contributed by atoms with van der Waals surface area (Å²) in [6.45, 7) is 7.29. The van der Waals surface area contributed by atoms with Crippen LogP contribution in [0.1, 0.15) is 16.8 Å². The molecule has 4 heteroatoms. The average molecular weight is 333 g/mol. The number of aromatic nitrogens is 1. The van der Waals surface area contributed by atoms with E-state index in [1.165, 1.54) is 33.8 Å². The van der Waals surface area contributed by atoms with Gasteiger partial charge in [0.25, 0.3) is 0 Å². The number of aryl methyl sites for hydroxylation is 1. The smallest absolute Gasteiger partial charge is 0.247 e. The van der Waals surface area contributed by atoms with Crippen molar-refractivity contribution in [3.05, 3.63) is 78.0 Å². The van der Waals surface area contributed by atoms with E-state index >= 15 is 0 Å². The van der Waals surface area contributed by atoms with Crippen molar-refractivity contribution in [2.24, 2.45) is 0 Å². The Morgan fingerprint density at radius 1 is 1.16 bits per heavy atom. The molecule has 1 heterocycles. The van der Waals surface area contributed by atoms with Crippen LogP contribution in [-0.2, 0) is 17.8 Å². The Labute approximate surface area is 148 Å². The molecule has 1 aromatic heterocycles. The summed E-state index contributed by atoms with van der Waals surface area (Å²) in [5.74, 6) is -0.194.